The smallest absolute Gasteiger partial charge is 0.119 e. The molecule has 2 aromatic rings. The molecule has 3 rings (SSSR count). The van der Waals surface area contributed by atoms with Crippen molar-refractivity contribution in [2.45, 2.75) is 51.4 Å². The predicted molar refractivity (Wildman–Crippen MR) is 99.8 cm³/mol. The van der Waals surface area contributed by atoms with Crippen LogP contribution in [-0.4, -0.2) is 23.7 Å². The molecule has 0 aliphatic carbocycles. The van der Waals surface area contributed by atoms with E-state index in [1.165, 1.54) is 30.4 Å². The molecule has 1 aliphatic rings. The van der Waals surface area contributed by atoms with Gasteiger partial charge in [0.2, 0.25) is 0 Å². The van der Waals surface area contributed by atoms with Crippen molar-refractivity contribution >= 4 is 0 Å². The average molecular weight is 323 g/mol. The summed E-state index contributed by atoms with van der Waals surface area (Å²) in [6, 6.07) is 21.3. The largest absolute Gasteiger partial charge is 0.356 e. The second kappa shape index (κ2) is 8.46. The van der Waals surface area contributed by atoms with E-state index in [0.29, 0.717) is 6.61 Å². The molecule has 24 heavy (non-hydrogen) atoms. The third-order valence-electron chi connectivity index (χ3n) is 5.12. The molecule has 128 valence electrons. The lowest BCUT2D eigenvalue weighted by Crippen LogP contribution is -2.51. The highest BCUT2D eigenvalue weighted by atomic mass is 16.5. The monoisotopic (exact) mass is 323 g/mol. The molecule has 2 nitrogen and oxygen atoms in total. The SMILES string of the molecule is CC1(OCc2ccccc2)CCCCN1CCCc1ccccc1. The number of hydrogen-bond donors (Lipinski definition) is 0. The number of piperidine rings is 1. The van der Waals surface area contributed by atoms with Crippen LogP contribution in [0.5, 0.6) is 0 Å². The van der Waals surface area contributed by atoms with Crippen LogP contribution in [0, 0.1) is 0 Å². The lowest BCUT2D eigenvalue weighted by molar-refractivity contribution is -0.171. The summed E-state index contributed by atoms with van der Waals surface area (Å²) in [5, 5.41) is 0. The van der Waals surface area contributed by atoms with Crippen molar-refractivity contribution in [3.8, 4) is 0 Å². The Balaban J connectivity index is 1.53. The highest BCUT2D eigenvalue weighted by Crippen LogP contribution is 2.30. The van der Waals surface area contributed by atoms with Gasteiger partial charge in [0.1, 0.15) is 5.72 Å². The van der Waals surface area contributed by atoms with Gasteiger partial charge in [-0.2, -0.15) is 0 Å². The Hall–Kier alpha value is -1.64. The maximum absolute atomic E-state index is 6.40. The first-order chi connectivity index (χ1) is 11.8. The summed E-state index contributed by atoms with van der Waals surface area (Å²) in [5.74, 6) is 0. The van der Waals surface area contributed by atoms with Crippen LogP contribution >= 0.6 is 0 Å². The van der Waals surface area contributed by atoms with Gasteiger partial charge in [-0.1, -0.05) is 60.7 Å². The van der Waals surface area contributed by atoms with E-state index in [0.717, 1.165) is 25.9 Å². The Morgan fingerprint density at radius 3 is 2.29 bits per heavy atom. The van der Waals surface area contributed by atoms with Crippen LogP contribution in [0.1, 0.15) is 43.7 Å². The number of aryl methyl sites for hydroxylation is 1. The molecule has 0 aromatic heterocycles. The van der Waals surface area contributed by atoms with E-state index in [9.17, 15) is 0 Å². The Morgan fingerprint density at radius 2 is 1.58 bits per heavy atom. The van der Waals surface area contributed by atoms with Crippen LogP contribution in [-0.2, 0) is 17.8 Å². The minimum absolute atomic E-state index is 0.120. The number of likely N-dealkylation sites (tertiary alicyclic amines) is 1. The van der Waals surface area contributed by atoms with Gasteiger partial charge in [-0.05, 0) is 50.2 Å². The number of ether oxygens (including phenoxy) is 1. The third-order valence-corrected chi connectivity index (χ3v) is 5.12. The van der Waals surface area contributed by atoms with Crippen molar-refractivity contribution in [2.24, 2.45) is 0 Å². The maximum atomic E-state index is 6.40. The third kappa shape index (κ3) is 4.68. The van der Waals surface area contributed by atoms with Crippen molar-refractivity contribution in [2.75, 3.05) is 13.1 Å². The zero-order valence-corrected chi connectivity index (χ0v) is 14.8. The van der Waals surface area contributed by atoms with Gasteiger partial charge >= 0.3 is 0 Å². The van der Waals surface area contributed by atoms with Gasteiger partial charge in [0, 0.05) is 13.1 Å². The molecule has 0 amide bonds. The Morgan fingerprint density at radius 1 is 0.917 bits per heavy atom. The molecule has 1 saturated heterocycles. The van der Waals surface area contributed by atoms with Crippen LogP contribution in [0.25, 0.3) is 0 Å². The van der Waals surface area contributed by atoms with Crippen LogP contribution in [0.3, 0.4) is 0 Å². The number of nitrogens with zero attached hydrogens (tertiary/aromatic N) is 1. The second-order valence-corrected chi connectivity index (χ2v) is 6.98. The number of hydrogen-bond acceptors (Lipinski definition) is 2. The van der Waals surface area contributed by atoms with Crippen molar-refractivity contribution in [3.05, 3.63) is 71.8 Å². The van der Waals surface area contributed by atoms with Gasteiger partial charge in [0.15, 0.2) is 0 Å². The summed E-state index contributed by atoms with van der Waals surface area (Å²) < 4.78 is 6.40. The molecule has 0 radical (unpaired) electrons. The summed E-state index contributed by atoms with van der Waals surface area (Å²) in [6.45, 7) is 5.24. The summed E-state index contributed by atoms with van der Waals surface area (Å²) in [5.41, 5.74) is 2.57. The quantitative estimate of drug-likeness (QED) is 0.708. The highest BCUT2D eigenvalue weighted by molar-refractivity contribution is 5.15. The summed E-state index contributed by atoms with van der Waals surface area (Å²) in [6.07, 6.45) is 6.02. The molecule has 0 N–H and O–H groups in total. The fourth-order valence-corrected chi connectivity index (χ4v) is 3.59. The molecule has 1 heterocycles. The summed E-state index contributed by atoms with van der Waals surface area (Å²) in [4.78, 5) is 2.56. The fourth-order valence-electron chi connectivity index (χ4n) is 3.59. The van der Waals surface area contributed by atoms with E-state index in [-0.39, 0.29) is 5.72 Å². The molecule has 2 aromatic carbocycles. The van der Waals surface area contributed by atoms with Gasteiger partial charge < -0.3 is 4.74 Å². The first-order valence-corrected chi connectivity index (χ1v) is 9.23. The first-order valence-electron chi connectivity index (χ1n) is 9.23. The van der Waals surface area contributed by atoms with E-state index in [1.54, 1.807) is 0 Å². The van der Waals surface area contributed by atoms with Gasteiger partial charge in [-0.25, -0.2) is 0 Å². The topological polar surface area (TPSA) is 12.5 Å². The average Bonchev–Trinajstić information content (AvgIpc) is 2.64. The van der Waals surface area contributed by atoms with E-state index >= 15 is 0 Å². The Bertz CT molecular complexity index is 598. The zero-order chi connectivity index (χ0) is 16.7. The lowest BCUT2D eigenvalue weighted by Gasteiger charge is -2.44. The van der Waals surface area contributed by atoms with Gasteiger partial charge in [0.05, 0.1) is 6.61 Å². The fraction of sp³-hybridized carbons (Fsp3) is 0.455. The number of benzene rings is 2. The molecule has 0 saturated carbocycles. The minimum atomic E-state index is -0.120. The Kier molecular flexibility index (Phi) is 6.06. The van der Waals surface area contributed by atoms with E-state index in [1.807, 2.05) is 0 Å². The van der Waals surface area contributed by atoms with E-state index in [4.69, 9.17) is 4.74 Å². The molecule has 1 fully saturated rings. The molecule has 0 bridgehead atoms. The molecule has 2 heteroatoms. The van der Waals surface area contributed by atoms with Crippen LogP contribution in [0.2, 0.25) is 0 Å². The minimum Gasteiger partial charge on any atom is -0.356 e. The first kappa shape index (κ1) is 17.2. The van der Waals surface area contributed by atoms with Crippen LogP contribution < -0.4 is 0 Å². The predicted octanol–water partition coefficient (Wildman–Crippen LogP) is 5.04. The highest BCUT2D eigenvalue weighted by Gasteiger charge is 2.34. The molecular formula is C22H29NO. The molecule has 1 aliphatic heterocycles. The zero-order valence-electron chi connectivity index (χ0n) is 14.8. The van der Waals surface area contributed by atoms with Crippen LogP contribution in [0.4, 0.5) is 0 Å². The molecule has 1 unspecified atom stereocenters. The van der Waals surface area contributed by atoms with Crippen molar-refractivity contribution in [1.82, 2.24) is 4.90 Å². The van der Waals surface area contributed by atoms with Crippen molar-refractivity contribution in [1.29, 1.82) is 0 Å². The van der Waals surface area contributed by atoms with Gasteiger partial charge in [-0.3, -0.25) is 4.90 Å². The molecule has 1 atom stereocenters. The number of rotatable bonds is 7. The van der Waals surface area contributed by atoms with Crippen LogP contribution in [0.15, 0.2) is 60.7 Å². The summed E-state index contributed by atoms with van der Waals surface area (Å²) >= 11 is 0. The molecular weight excluding hydrogens is 294 g/mol. The van der Waals surface area contributed by atoms with Crippen molar-refractivity contribution < 1.29 is 4.74 Å². The standard InChI is InChI=1S/C22H29NO/c1-22(24-19-21-13-6-3-7-14-21)16-8-9-17-23(22)18-10-15-20-11-4-2-5-12-20/h2-7,11-14H,8-10,15-19H2,1H3. The van der Waals surface area contributed by atoms with Gasteiger partial charge in [-0.15, -0.1) is 0 Å². The Labute approximate surface area is 146 Å². The van der Waals surface area contributed by atoms with E-state index < -0.39 is 0 Å². The lowest BCUT2D eigenvalue weighted by atomic mass is 9.98. The maximum Gasteiger partial charge on any atom is 0.119 e. The summed E-state index contributed by atoms with van der Waals surface area (Å²) in [7, 11) is 0. The molecule has 0 spiro atoms. The second-order valence-electron chi connectivity index (χ2n) is 6.98. The normalized spacial score (nSPS) is 21.7. The van der Waals surface area contributed by atoms with E-state index in [2.05, 4.69) is 72.5 Å². The van der Waals surface area contributed by atoms with Crippen molar-refractivity contribution in [3.63, 3.8) is 0 Å². The van der Waals surface area contributed by atoms with Gasteiger partial charge in [0.25, 0.3) is 0 Å².